The fraction of sp³-hybridized carbons (Fsp3) is 0. The van der Waals surface area contributed by atoms with E-state index in [1.54, 1.807) is 0 Å². The van der Waals surface area contributed by atoms with Gasteiger partial charge in [0.1, 0.15) is 0 Å². The molecule has 0 aliphatic carbocycles. The number of aromatic nitrogens is 2. The highest BCUT2D eigenvalue weighted by atomic mass is 15.0. The van der Waals surface area contributed by atoms with Crippen LogP contribution in [0.3, 0.4) is 0 Å². The van der Waals surface area contributed by atoms with E-state index in [0.717, 1.165) is 27.7 Å². The minimum atomic E-state index is 1.03. The molecule has 0 fully saturated rings. The Hall–Kier alpha value is -5.99. The van der Waals surface area contributed by atoms with Gasteiger partial charge in [-0.25, -0.2) is 0 Å². The number of fused-ring (bicyclic) bond motifs is 12. The van der Waals surface area contributed by atoms with Crippen LogP contribution in [0.4, 0.5) is 0 Å². The molecular formula is C43H26N2. The summed E-state index contributed by atoms with van der Waals surface area (Å²) in [7, 11) is 0. The van der Waals surface area contributed by atoms with Crippen molar-refractivity contribution >= 4 is 75.8 Å². The standard InChI is InChI=1S/C43H26N2/c1-2-12-32-27(9-1)20-23-37-40-25-38-35-15-5-3-13-33(35)34-14-4-6-16-36(34)39(38)26-41(40)45(43(32)37)30-21-18-28(19-22-30)31-17-7-10-29-11-8-24-44-42(29)31/h1-26H. The molecule has 10 rings (SSSR count). The highest BCUT2D eigenvalue weighted by Gasteiger charge is 2.18. The predicted molar refractivity (Wildman–Crippen MR) is 192 cm³/mol. The van der Waals surface area contributed by atoms with Gasteiger partial charge in [-0.3, -0.25) is 4.98 Å². The second-order valence-electron chi connectivity index (χ2n) is 12.0. The molecule has 8 aromatic carbocycles. The lowest BCUT2D eigenvalue weighted by Crippen LogP contribution is -1.95. The smallest absolute Gasteiger partial charge is 0.0780 e. The Balaban J connectivity index is 1.32. The fourth-order valence-corrected chi connectivity index (χ4v) is 7.57. The van der Waals surface area contributed by atoms with Gasteiger partial charge in [-0.05, 0) is 73.6 Å². The van der Waals surface area contributed by atoms with Gasteiger partial charge in [0.15, 0.2) is 0 Å². The summed E-state index contributed by atoms with van der Waals surface area (Å²) in [5.74, 6) is 0. The van der Waals surface area contributed by atoms with Crippen molar-refractivity contribution < 1.29 is 0 Å². The maximum absolute atomic E-state index is 4.72. The fourth-order valence-electron chi connectivity index (χ4n) is 7.57. The Morgan fingerprint density at radius 2 is 1.02 bits per heavy atom. The van der Waals surface area contributed by atoms with E-state index in [-0.39, 0.29) is 0 Å². The molecule has 0 spiro atoms. The third kappa shape index (κ3) is 3.48. The van der Waals surface area contributed by atoms with Gasteiger partial charge >= 0.3 is 0 Å². The molecule has 0 unspecified atom stereocenters. The zero-order valence-corrected chi connectivity index (χ0v) is 24.4. The SMILES string of the molecule is c1cnc2c(-c3ccc(-n4c5cc6c7ccccc7c7ccccc7c6cc5c5ccc6ccccc6c54)cc3)cccc2c1. The molecule has 0 amide bonds. The average molecular weight is 571 g/mol. The first-order valence-electron chi connectivity index (χ1n) is 15.5. The second-order valence-corrected chi connectivity index (χ2v) is 12.0. The highest BCUT2D eigenvalue weighted by Crippen LogP contribution is 2.42. The van der Waals surface area contributed by atoms with E-state index in [4.69, 9.17) is 4.98 Å². The Kier molecular flexibility index (Phi) is 5.03. The quantitative estimate of drug-likeness (QED) is 0.189. The Morgan fingerprint density at radius 1 is 0.400 bits per heavy atom. The summed E-state index contributed by atoms with van der Waals surface area (Å²) >= 11 is 0. The van der Waals surface area contributed by atoms with Crippen molar-refractivity contribution in [1.29, 1.82) is 0 Å². The molecule has 0 aliphatic heterocycles. The summed E-state index contributed by atoms with van der Waals surface area (Å²) < 4.78 is 2.47. The van der Waals surface area contributed by atoms with Crippen LogP contribution in [0, 0.1) is 0 Å². The molecule has 0 saturated carbocycles. The third-order valence-electron chi connectivity index (χ3n) is 9.58. The first kappa shape index (κ1) is 24.5. The van der Waals surface area contributed by atoms with Gasteiger partial charge in [0.05, 0.1) is 16.6 Å². The zero-order chi connectivity index (χ0) is 29.5. The van der Waals surface area contributed by atoms with Crippen molar-refractivity contribution in [3.63, 3.8) is 0 Å². The third-order valence-corrected chi connectivity index (χ3v) is 9.58. The van der Waals surface area contributed by atoms with Crippen LogP contribution < -0.4 is 0 Å². The van der Waals surface area contributed by atoms with Crippen molar-refractivity contribution in [2.45, 2.75) is 0 Å². The molecule has 0 bridgehead atoms. The molecule has 2 heterocycles. The van der Waals surface area contributed by atoms with E-state index in [1.165, 1.54) is 64.9 Å². The average Bonchev–Trinajstić information content (AvgIpc) is 3.45. The number of hydrogen-bond acceptors (Lipinski definition) is 1. The maximum atomic E-state index is 4.72. The monoisotopic (exact) mass is 570 g/mol. The van der Waals surface area contributed by atoms with Gasteiger partial charge < -0.3 is 4.57 Å². The Labute approximate surface area is 259 Å². The largest absolute Gasteiger partial charge is 0.309 e. The van der Waals surface area contributed by atoms with Gasteiger partial charge in [0.2, 0.25) is 0 Å². The lowest BCUT2D eigenvalue weighted by molar-refractivity contribution is 1.19. The number of para-hydroxylation sites is 1. The van der Waals surface area contributed by atoms with Crippen molar-refractivity contribution in [3.05, 3.63) is 158 Å². The minimum Gasteiger partial charge on any atom is -0.309 e. The lowest BCUT2D eigenvalue weighted by atomic mass is 9.93. The lowest BCUT2D eigenvalue weighted by Gasteiger charge is -2.13. The molecule has 2 aromatic heterocycles. The second kappa shape index (κ2) is 9.25. The number of hydrogen-bond donors (Lipinski definition) is 0. The first-order chi connectivity index (χ1) is 22.3. The highest BCUT2D eigenvalue weighted by molar-refractivity contribution is 6.29. The van der Waals surface area contributed by atoms with Gasteiger partial charge in [-0.2, -0.15) is 0 Å². The normalized spacial score (nSPS) is 12.0. The molecule has 0 aliphatic rings. The van der Waals surface area contributed by atoms with Crippen molar-refractivity contribution in [2.75, 3.05) is 0 Å². The Morgan fingerprint density at radius 3 is 1.78 bits per heavy atom. The molecule has 2 nitrogen and oxygen atoms in total. The topological polar surface area (TPSA) is 17.8 Å². The summed E-state index contributed by atoms with van der Waals surface area (Å²) in [4.78, 5) is 4.72. The van der Waals surface area contributed by atoms with Gasteiger partial charge in [0.25, 0.3) is 0 Å². The molecule has 2 heteroatoms. The van der Waals surface area contributed by atoms with Crippen LogP contribution in [0.2, 0.25) is 0 Å². The molecule has 10 aromatic rings. The summed E-state index contributed by atoms with van der Waals surface area (Å²) in [6.07, 6.45) is 1.88. The van der Waals surface area contributed by atoms with Gasteiger partial charge in [0, 0.05) is 39.0 Å². The number of nitrogens with zero attached hydrogens (tertiary/aromatic N) is 2. The summed E-state index contributed by atoms with van der Waals surface area (Å²) in [5, 5.41) is 13.9. The zero-order valence-electron chi connectivity index (χ0n) is 24.4. The molecule has 0 radical (unpaired) electrons. The summed E-state index contributed by atoms with van der Waals surface area (Å²) in [6, 6.07) is 55.4. The van der Waals surface area contributed by atoms with Crippen LogP contribution in [0.25, 0.3) is 92.6 Å². The molecular weight excluding hydrogens is 544 g/mol. The van der Waals surface area contributed by atoms with Crippen molar-refractivity contribution in [1.82, 2.24) is 9.55 Å². The molecule has 45 heavy (non-hydrogen) atoms. The van der Waals surface area contributed by atoms with Crippen molar-refractivity contribution in [2.24, 2.45) is 0 Å². The summed E-state index contributed by atoms with van der Waals surface area (Å²) in [6.45, 7) is 0. The van der Waals surface area contributed by atoms with E-state index in [2.05, 4.69) is 150 Å². The number of pyridine rings is 1. The van der Waals surface area contributed by atoms with E-state index < -0.39 is 0 Å². The predicted octanol–water partition coefficient (Wildman–Crippen LogP) is 11.6. The van der Waals surface area contributed by atoms with E-state index in [9.17, 15) is 0 Å². The van der Waals surface area contributed by atoms with Crippen LogP contribution in [-0.2, 0) is 0 Å². The molecule has 0 atom stereocenters. The first-order valence-corrected chi connectivity index (χ1v) is 15.5. The van der Waals surface area contributed by atoms with E-state index >= 15 is 0 Å². The van der Waals surface area contributed by atoms with Crippen molar-refractivity contribution in [3.8, 4) is 16.8 Å². The van der Waals surface area contributed by atoms with Crippen LogP contribution in [0.1, 0.15) is 0 Å². The Bertz CT molecular complexity index is 2800. The number of rotatable bonds is 2. The minimum absolute atomic E-state index is 1.03. The molecule has 0 N–H and O–H groups in total. The van der Waals surface area contributed by atoms with Gasteiger partial charge in [-0.1, -0.05) is 121 Å². The van der Waals surface area contributed by atoms with Gasteiger partial charge in [-0.15, -0.1) is 0 Å². The molecule has 0 saturated heterocycles. The van der Waals surface area contributed by atoms with E-state index in [0.29, 0.717) is 0 Å². The van der Waals surface area contributed by atoms with Crippen LogP contribution in [0.15, 0.2) is 158 Å². The summed E-state index contributed by atoms with van der Waals surface area (Å²) in [5.41, 5.74) is 6.95. The maximum Gasteiger partial charge on any atom is 0.0780 e. The van der Waals surface area contributed by atoms with Crippen LogP contribution in [-0.4, -0.2) is 9.55 Å². The van der Waals surface area contributed by atoms with Crippen LogP contribution in [0.5, 0.6) is 0 Å². The van der Waals surface area contributed by atoms with Crippen LogP contribution >= 0.6 is 0 Å². The molecule has 208 valence electrons. The van der Waals surface area contributed by atoms with E-state index in [1.807, 2.05) is 12.3 Å². The number of benzene rings is 8.